The van der Waals surface area contributed by atoms with Crippen molar-refractivity contribution < 1.29 is 32.6 Å². The van der Waals surface area contributed by atoms with Gasteiger partial charge in [0.15, 0.2) is 6.61 Å². The lowest BCUT2D eigenvalue weighted by molar-refractivity contribution is -0.143. The first kappa shape index (κ1) is 19.1. The summed E-state index contributed by atoms with van der Waals surface area (Å²) in [5.74, 6) is -1.90. The first-order valence-electron chi connectivity index (χ1n) is 7.91. The molecule has 1 aromatic rings. The summed E-state index contributed by atoms with van der Waals surface area (Å²) in [6, 6.07) is 2.65. The second kappa shape index (κ2) is 7.33. The monoisotopic (exact) mass is 359 g/mol. The van der Waals surface area contributed by atoms with E-state index in [9.17, 15) is 22.8 Å². The summed E-state index contributed by atoms with van der Waals surface area (Å²) < 4.78 is 45.0. The van der Waals surface area contributed by atoms with Gasteiger partial charge in [-0.2, -0.15) is 13.2 Å². The van der Waals surface area contributed by atoms with Gasteiger partial charge in [-0.1, -0.05) is 6.07 Å². The van der Waals surface area contributed by atoms with Crippen molar-refractivity contribution in [3.8, 4) is 5.75 Å². The topological polar surface area (TPSA) is 66.8 Å². The molecule has 0 unspecified atom stereocenters. The number of hydrogen-bond donors (Lipinski definition) is 1. The van der Waals surface area contributed by atoms with E-state index in [0.717, 1.165) is 6.07 Å². The predicted molar refractivity (Wildman–Crippen MR) is 83.5 cm³/mol. The van der Waals surface area contributed by atoms with Crippen molar-refractivity contribution >= 4 is 11.9 Å². The highest BCUT2D eigenvalue weighted by Gasteiger charge is 2.36. The molecule has 1 amide bonds. The fourth-order valence-electron chi connectivity index (χ4n) is 3.10. The minimum Gasteiger partial charge on any atom is -0.481 e. The molecule has 0 aliphatic carbocycles. The van der Waals surface area contributed by atoms with Gasteiger partial charge >= 0.3 is 12.1 Å². The number of amides is 1. The first-order chi connectivity index (χ1) is 11.6. The maximum Gasteiger partial charge on any atom is 0.419 e. The van der Waals surface area contributed by atoms with Gasteiger partial charge in [-0.05, 0) is 42.9 Å². The van der Waals surface area contributed by atoms with Gasteiger partial charge < -0.3 is 14.7 Å². The van der Waals surface area contributed by atoms with Crippen LogP contribution in [0.3, 0.4) is 0 Å². The number of alkyl halides is 3. The van der Waals surface area contributed by atoms with Gasteiger partial charge in [0.25, 0.3) is 0 Å². The minimum absolute atomic E-state index is 0.0389. The Labute approximate surface area is 143 Å². The molecule has 1 aromatic carbocycles. The van der Waals surface area contributed by atoms with Gasteiger partial charge in [0.2, 0.25) is 5.91 Å². The molecule has 8 heteroatoms. The van der Waals surface area contributed by atoms with Crippen LogP contribution in [0.15, 0.2) is 12.1 Å². The predicted octanol–water partition coefficient (Wildman–Crippen LogP) is 3.20. The molecular weight excluding hydrogens is 339 g/mol. The molecule has 0 bridgehead atoms. The zero-order valence-corrected chi connectivity index (χ0v) is 14.0. The van der Waals surface area contributed by atoms with Crippen LogP contribution in [0.4, 0.5) is 13.2 Å². The van der Waals surface area contributed by atoms with E-state index >= 15 is 0 Å². The number of nitrogens with zero attached hydrogens (tertiary/aromatic N) is 1. The Morgan fingerprint density at radius 3 is 2.36 bits per heavy atom. The number of carboxylic acids is 1. The van der Waals surface area contributed by atoms with E-state index in [-0.39, 0.29) is 17.4 Å². The largest absolute Gasteiger partial charge is 0.481 e. The highest BCUT2D eigenvalue weighted by atomic mass is 19.4. The van der Waals surface area contributed by atoms with Crippen LogP contribution in [-0.4, -0.2) is 41.6 Å². The second-order valence-electron chi connectivity index (χ2n) is 6.17. The molecule has 5 nitrogen and oxygen atoms in total. The molecule has 2 rings (SSSR count). The molecule has 1 heterocycles. The second-order valence-corrected chi connectivity index (χ2v) is 6.17. The van der Waals surface area contributed by atoms with Crippen LogP contribution in [-0.2, 0) is 15.8 Å². The summed E-state index contributed by atoms with van der Waals surface area (Å²) in [6.45, 7) is 3.14. The van der Waals surface area contributed by atoms with E-state index in [1.54, 1.807) is 11.0 Å². The Bertz CT molecular complexity index is 665. The number of carbonyl (C=O) groups is 2. The number of benzene rings is 1. The van der Waals surface area contributed by atoms with Crippen LogP contribution < -0.4 is 4.74 Å². The minimum atomic E-state index is -4.64. The Hall–Kier alpha value is -2.25. The van der Waals surface area contributed by atoms with E-state index in [1.807, 2.05) is 0 Å². The highest BCUT2D eigenvalue weighted by molar-refractivity contribution is 5.73. The lowest BCUT2D eigenvalue weighted by Crippen LogP contribution is -2.36. The number of aliphatic carboxylic acids is 1. The third-order valence-electron chi connectivity index (χ3n) is 4.35. The van der Waals surface area contributed by atoms with Crippen LogP contribution in [0.2, 0.25) is 0 Å². The number of carbonyl (C=O) groups excluding carboxylic acids is 1. The molecule has 138 valence electrons. The normalized spacial score (nSPS) is 16.0. The molecule has 0 aromatic heterocycles. The summed E-state index contributed by atoms with van der Waals surface area (Å²) in [6.07, 6.45) is -3.47. The Balaban J connectivity index is 2.30. The number of ether oxygens (including phenoxy) is 1. The van der Waals surface area contributed by atoms with Crippen molar-refractivity contribution in [3.05, 3.63) is 28.8 Å². The SMILES string of the molecule is CC(=O)N1CCC(c2cc(C)c(OCC(=O)O)c(C(F)(F)F)c2)CC1. The number of hydrogen-bond acceptors (Lipinski definition) is 3. The molecule has 0 spiro atoms. The number of likely N-dealkylation sites (tertiary alicyclic amines) is 1. The number of carboxylic acid groups (broad SMARTS) is 1. The van der Waals surface area contributed by atoms with E-state index in [2.05, 4.69) is 0 Å². The average Bonchev–Trinajstić information content (AvgIpc) is 2.52. The summed E-state index contributed by atoms with van der Waals surface area (Å²) in [7, 11) is 0. The smallest absolute Gasteiger partial charge is 0.419 e. The number of piperidine rings is 1. The molecule has 1 saturated heterocycles. The fraction of sp³-hybridized carbons (Fsp3) is 0.529. The molecule has 0 saturated carbocycles. The third kappa shape index (κ3) is 4.64. The van der Waals surface area contributed by atoms with Gasteiger partial charge in [-0.15, -0.1) is 0 Å². The molecule has 1 aliphatic heterocycles. The summed E-state index contributed by atoms with van der Waals surface area (Å²) in [5.41, 5.74) is -0.173. The van der Waals surface area contributed by atoms with E-state index < -0.39 is 30.1 Å². The Morgan fingerprint density at radius 1 is 1.28 bits per heavy atom. The van der Waals surface area contributed by atoms with Crippen LogP contribution in [0.25, 0.3) is 0 Å². The lowest BCUT2D eigenvalue weighted by Gasteiger charge is -2.32. The van der Waals surface area contributed by atoms with Gasteiger partial charge in [-0.3, -0.25) is 4.79 Å². The van der Waals surface area contributed by atoms with Crippen LogP contribution in [0, 0.1) is 6.92 Å². The fourth-order valence-corrected chi connectivity index (χ4v) is 3.10. The summed E-state index contributed by atoms with van der Waals surface area (Å²) in [4.78, 5) is 23.7. The quantitative estimate of drug-likeness (QED) is 0.897. The van der Waals surface area contributed by atoms with Crippen molar-refractivity contribution in [3.63, 3.8) is 0 Å². The van der Waals surface area contributed by atoms with Gasteiger partial charge in [-0.25, -0.2) is 4.79 Å². The molecule has 25 heavy (non-hydrogen) atoms. The number of aryl methyl sites for hydroxylation is 1. The van der Waals surface area contributed by atoms with E-state index in [4.69, 9.17) is 9.84 Å². The maximum atomic E-state index is 13.4. The van der Waals surface area contributed by atoms with Crippen LogP contribution in [0.5, 0.6) is 5.75 Å². The summed E-state index contributed by atoms with van der Waals surface area (Å²) >= 11 is 0. The van der Waals surface area contributed by atoms with Gasteiger partial charge in [0, 0.05) is 20.0 Å². The van der Waals surface area contributed by atoms with Crippen molar-refractivity contribution in [2.45, 2.75) is 38.8 Å². The third-order valence-corrected chi connectivity index (χ3v) is 4.35. The first-order valence-corrected chi connectivity index (χ1v) is 7.91. The average molecular weight is 359 g/mol. The van der Waals surface area contributed by atoms with E-state index in [1.165, 1.54) is 13.8 Å². The zero-order valence-electron chi connectivity index (χ0n) is 14.0. The molecule has 1 N–H and O–H groups in total. The van der Waals surface area contributed by atoms with Gasteiger partial charge in [0.05, 0.1) is 5.56 Å². The molecular formula is C17H20F3NO4. The lowest BCUT2D eigenvalue weighted by atomic mass is 9.87. The van der Waals surface area contributed by atoms with Crippen molar-refractivity contribution in [1.82, 2.24) is 4.90 Å². The summed E-state index contributed by atoms with van der Waals surface area (Å²) in [5, 5.41) is 8.65. The molecule has 1 fully saturated rings. The maximum absolute atomic E-state index is 13.4. The van der Waals surface area contributed by atoms with Crippen molar-refractivity contribution in [1.29, 1.82) is 0 Å². The number of halogens is 3. The standard InChI is InChI=1S/C17H20F3NO4/c1-10-7-13(12-3-5-21(6-4-12)11(2)22)8-14(17(18,19)20)16(10)25-9-15(23)24/h7-8,12H,3-6,9H2,1-2H3,(H,23,24). The van der Waals surface area contributed by atoms with Crippen molar-refractivity contribution in [2.75, 3.05) is 19.7 Å². The Morgan fingerprint density at radius 2 is 1.88 bits per heavy atom. The Kier molecular flexibility index (Phi) is 5.59. The highest BCUT2D eigenvalue weighted by Crippen LogP contribution is 2.41. The van der Waals surface area contributed by atoms with Crippen molar-refractivity contribution in [2.24, 2.45) is 0 Å². The van der Waals surface area contributed by atoms with Crippen LogP contribution in [0.1, 0.15) is 42.4 Å². The molecule has 1 aliphatic rings. The van der Waals surface area contributed by atoms with Gasteiger partial charge in [0.1, 0.15) is 5.75 Å². The number of rotatable bonds is 4. The van der Waals surface area contributed by atoms with Crippen LogP contribution >= 0.6 is 0 Å². The van der Waals surface area contributed by atoms with E-state index in [0.29, 0.717) is 31.5 Å². The molecule has 0 atom stereocenters. The zero-order chi connectivity index (χ0) is 18.8. The molecule has 0 radical (unpaired) electrons.